The maximum atomic E-state index is 11.6. The van der Waals surface area contributed by atoms with Crippen LogP contribution in [-0.2, 0) is 16.3 Å². The van der Waals surface area contributed by atoms with Crippen LogP contribution in [0, 0.1) is 0 Å². The Labute approximate surface area is 90.4 Å². The monoisotopic (exact) mass is 225 g/mol. The first-order chi connectivity index (χ1) is 7.00. The third kappa shape index (κ3) is 1.92. The van der Waals surface area contributed by atoms with Gasteiger partial charge in [-0.25, -0.2) is 8.42 Å². The molecular weight excluding hydrogens is 210 g/mol. The second-order valence-corrected chi connectivity index (χ2v) is 6.01. The zero-order chi connectivity index (χ0) is 11.1. The van der Waals surface area contributed by atoms with Gasteiger partial charge < -0.3 is 5.32 Å². The molecule has 0 saturated carbocycles. The van der Waals surface area contributed by atoms with Gasteiger partial charge in [0.15, 0.2) is 9.84 Å². The molecule has 0 bridgehead atoms. The smallest absolute Gasteiger partial charge is 0.175 e. The fourth-order valence-electron chi connectivity index (χ4n) is 2.15. The lowest BCUT2D eigenvalue weighted by molar-refractivity contribution is 0.527. The molecule has 1 aliphatic heterocycles. The molecule has 1 aromatic rings. The molecule has 4 heteroatoms. The van der Waals surface area contributed by atoms with Crippen molar-refractivity contribution in [3.63, 3.8) is 0 Å². The van der Waals surface area contributed by atoms with Crippen LogP contribution in [0.4, 0.5) is 0 Å². The second-order valence-electron chi connectivity index (χ2n) is 4.03. The van der Waals surface area contributed by atoms with Crippen molar-refractivity contribution in [1.82, 2.24) is 5.32 Å². The molecule has 3 nitrogen and oxygen atoms in total. The Morgan fingerprint density at radius 2 is 2.13 bits per heavy atom. The van der Waals surface area contributed by atoms with Gasteiger partial charge in [0.05, 0.1) is 4.90 Å². The zero-order valence-corrected chi connectivity index (χ0v) is 9.76. The Morgan fingerprint density at radius 1 is 1.40 bits per heavy atom. The van der Waals surface area contributed by atoms with Crippen molar-refractivity contribution in [2.75, 3.05) is 12.8 Å². The summed E-state index contributed by atoms with van der Waals surface area (Å²) < 4.78 is 23.2. The number of fused-ring (bicyclic) bond motifs is 1. The van der Waals surface area contributed by atoms with Gasteiger partial charge in [0.25, 0.3) is 0 Å². The van der Waals surface area contributed by atoms with Crippen molar-refractivity contribution in [2.45, 2.75) is 24.3 Å². The number of rotatable bonds is 1. The van der Waals surface area contributed by atoms with E-state index in [-0.39, 0.29) is 6.04 Å². The third-order valence-corrected chi connectivity index (χ3v) is 3.99. The van der Waals surface area contributed by atoms with Gasteiger partial charge in [0.2, 0.25) is 0 Å². The highest BCUT2D eigenvalue weighted by atomic mass is 32.2. The molecule has 0 fully saturated rings. The van der Waals surface area contributed by atoms with Crippen LogP contribution in [0.25, 0.3) is 0 Å². The summed E-state index contributed by atoms with van der Waals surface area (Å²) in [7, 11) is -3.12. The Kier molecular flexibility index (Phi) is 2.56. The van der Waals surface area contributed by atoms with Gasteiger partial charge in [-0.05, 0) is 37.1 Å². The highest BCUT2D eigenvalue weighted by molar-refractivity contribution is 7.90. The Hall–Kier alpha value is -0.870. The van der Waals surface area contributed by atoms with E-state index in [4.69, 9.17) is 0 Å². The summed E-state index contributed by atoms with van der Waals surface area (Å²) in [6.45, 7) is 2.92. The van der Waals surface area contributed by atoms with Crippen LogP contribution in [0.3, 0.4) is 0 Å². The average molecular weight is 225 g/mol. The second kappa shape index (κ2) is 3.61. The molecule has 0 amide bonds. The van der Waals surface area contributed by atoms with Crippen LogP contribution in [0.15, 0.2) is 23.1 Å². The molecule has 1 N–H and O–H groups in total. The molecule has 1 atom stereocenters. The van der Waals surface area contributed by atoms with Crippen molar-refractivity contribution >= 4 is 9.84 Å². The van der Waals surface area contributed by atoms with Gasteiger partial charge >= 0.3 is 0 Å². The molecule has 2 rings (SSSR count). The molecule has 1 heterocycles. The van der Waals surface area contributed by atoms with E-state index in [1.165, 1.54) is 6.26 Å². The van der Waals surface area contributed by atoms with Gasteiger partial charge in [-0.3, -0.25) is 0 Å². The van der Waals surface area contributed by atoms with Crippen LogP contribution in [0.1, 0.15) is 24.1 Å². The molecule has 0 spiro atoms. The Bertz CT molecular complexity index is 479. The van der Waals surface area contributed by atoms with Gasteiger partial charge in [-0.15, -0.1) is 0 Å². The summed E-state index contributed by atoms with van der Waals surface area (Å²) in [5.41, 5.74) is 2.11. The minimum atomic E-state index is -3.12. The summed E-state index contributed by atoms with van der Waals surface area (Å²) in [5, 5.41) is 3.29. The number of nitrogens with one attached hydrogen (secondary N) is 1. The predicted octanol–water partition coefficient (Wildman–Crippen LogP) is 1.30. The van der Waals surface area contributed by atoms with Crippen molar-refractivity contribution in [2.24, 2.45) is 0 Å². The minimum Gasteiger partial charge on any atom is -0.310 e. The molecule has 82 valence electrons. The van der Waals surface area contributed by atoms with Crippen molar-refractivity contribution < 1.29 is 8.42 Å². The van der Waals surface area contributed by atoms with Gasteiger partial charge in [0, 0.05) is 12.3 Å². The highest BCUT2D eigenvalue weighted by Crippen LogP contribution is 2.28. The maximum absolute atomic E-state index is 11.6. The van der Waals surface area contributed by atoms with E-state index in [1.54, 1.807) is 6.07 Å². The first kappa shape index (κ1) is 10.6. The fourth-order valence-corrected chi connectivity index (χ4v) is 3.18. The average Bonchev–Trinajstić information content (AvgIpc) is 2.16. The Morgan fingerprint density at radius 3 is 2.80 bits per heavy atom. The zero-order valence-electron chi connectivity index (χ0n) is 8.95. The molecule has 0 aliphatic carbocycles. The SMILES string of the molecule is CC1NCCc2cccc(S(C)(=O)=O)c21. The largest absolute Gasteiger partial charge is 0.310 e. The van der Waals surface area contributed by atoms with Crippen LogP contribution in [0.2, 0.25) is 0 Å². The fraction of sp³-hybridized carbons (Fsp3) is 0.455. The molecule has 1 unspecified atom stereocenters. The van der Waals surface area contributed by atoms with Crippen molar-refractivity contribution in [1.29, 1.82) is 0 Å². The summed E-state index contributed by atoms with van der Waals surface area (Å²) in [4.78, 5) is 0.472. The van der Waals surface area contributed by atoms with E-state index in [1.807, 2.05) is 19.1 Å². The predicted molar refractivity (Wildman–Crippen MR) is 59.7 cm³/mol. The van der Waals surface area contributed by atoms with Crippen LogP contribution < -0.4 is 5.32 Å². The third-order valence-electron chi connectivity index (χ3n) is 2.83. The summed E-state index contributed by atoms with van der Waals surface area (Å²) in [6, 6.07) is 5.66. The van der Waals surface area contributed by atoms with Crippen LogP contribution in [-0.4, -0.2) is 21.2 Å². The van der Waals surface area contributed by atoms with Gasteiger partial charge in [-0.2, -0.15) is 0 Å². The first-order valence-electron chi connectivity index (χ1n) is 5.05. The van der Waals surface area contributed by atoms with Crippen molar-refractivity contribution in [3.05, 3.63) is 29.3 Å². The topological polar surface area (TPSA) is 46.2 Å². The molecule has 15 heavy (non-hydrogen) atoms. The van der Waals surface area contributed by atoms with E-state index >= 15 is 0 Å². The lowest BCUT2D eigenvalue weighted by atomic mass is 9.95. The lowest BCUT2D eigenvalue weighted by Crippen LogP contribution is -2.29. The summed E-state index contributed by atoms with van der Waals surface area (Å²) >= 11 is 0. The number of benzene rings is 1. The standard InChI is InChI=1S/C11H15NO2S/c1-8-11-9(6-7-12-8)4-3-5-10(11)15(2,13)14/h3-5,8,12H,6-7H2,1-2H3. The van der Waals surface area contributed by atoms with E-state index in [9.17, 15) is 8.42 Å². The van der Waals surface area contributed by atoms with Crippen LogP contribution >= 0.6 is 0 Å². The highest BCUT2D eigenvalue weighted by Gasteiger charge is 2.23. The molecule has 0 radical (unpaired) electrons. The molecular formula is C11H15NO2S. The molecule has 1 aliphatic rings. The Balaban J connectivity index is 2.67. The van der Waals surface area contributed by atoms with Gasteiger partial charge in [0.1, 0.15) is 0 Å². The van der Waals surface area contributed by atoms with E-state index in [2.05, 4.69) is 5.32 Å². The summed E-state index contributed by atoms with van der Waals surface area (Å²) in [5.74, 6) is 0. The van der Waals surface area contributed by atoms with Crippen LogP contribution in [0.5, 0.6) is 0 Å². The molecule has 0 aromatic heterocycles. The number of sulfone groups is 1. The van der Waals surface area contributed by atoms with Gasteiger partial charge in [-0.1, -0.05) is 12.1 Å². The molecule has 0 saturated heterocycles. The van der Waals surface area contributed by atoms with E-state index in [0.29, 0.717) is 4.90 Å². The minimum absolute atomic E-state index is 0.125. The number of hydrogen-bond acceptors (Lipinski definition) is 3. The quantitative estimate of drug-likeness (QED) is 0.783. The van der Waals surface area contributed by atoms with E-state index in [0.717, 1.165) is 24.1 Å². The first-order valence-corrected chi connectivity index (χ1v) is 6.94. The normalized spacial score (nSPS) is 21.1. The summed E-state index contributed by atoms with van der Waals surface area (Å²) in [6.07, 6.45) is 2.17. The van der Waals surface area contributed by atoms with E-state index < -0.39 is 9.84 Å². The lowest BCUT2D eigenvalue weighted by Gasteiger charge is -2.25. The maximum Gasteiger partial charge on any atom is 0.175 e. The molecule has 1 aromatic carbocycles. The van der Waals surface area contributed by atoms with Crippen molar-refractivity contribution in [3.8, 4) is 0 Å². The number of hydrogen-bond donors (Lipinski definition) is 1.